The Kier molecular flexibility index (Phi) is 5.51. The fraction of sp³-hybridized carbons (Fsp3) is 0.143. The first-order chi connectivity index (χ1) is 14.0. The molecule has 0 unspecified atom stereocenters. The molecule has 3 aromatic carbocycles. The lowest BCUT2D eigenvalue weighted by Gasteiger charge is -2.16. The van der Waals surface area contributed by atoms with Gasteiger partial charge in [0.25, 0.3) is 0 Å². The number of nitro groups is 1. The quantitative estimate of drug-likeness (QED) is 0.232. The van der Waals surface area contributed by atoms with Crippen molar-refractivity contribution in [3.8, 4) is 5.69 Å². The molecule has 0 aliphatic rings. The summed E-state index contributed by atoms with van der Waals surface area (Å²) in [7, 11) is 0. The van der Waals surface area contributed by atoms with Crippen molar-refractivity contribution < 1.29 is 4.92 Å². The highest BCUT2D eigenvalue weighted by Gasteiger charge is 2.25. The van der Waals surface area contributed by atoms with Gasteiger partial charge in [0, 0.05) is 15.6 Å². The van der Waals surface area contributed by atoms with E-state index < -0.39 is 5.25 Å². The molecule has 0 radical (unpaired) electrons. The van der Waals surface area contributed by atoms with Crippen LogP contribution >= 0.6 is 23.4 Å². The van der Waals surface area contributed by atoms with Crippen LogP contribution in [0.15, 0.2) is 71.9 Å². The molecule has 1 aromatic heterocycles. The Morgan fingerprint density at radius 1 is 1.07 bits per heavy atom. The van der Waals surface area contributed by atoms with Crippen molar-refractivity contribution >= 4 is 34.1 Å². The average Bonchev–Trinajstić information content (AvgIpc) is 3.07. The fourth-order valence-electron chi connectivity index (χ4n) is 3.30. The first kappa shape index (κ1) is 19.4. The van der Waals surface area contributed by atoms with E-state index >= 15 is 0 Å². The van der Waals surface area contributed by atoms with Gasteiger partial charge >= 0.3 is 0 Å². The summed E-state index contributed by atoms with van der Waals surface area (Å²) >= 11 is 7.36. The smallest absolute Gasteiger partial charge is 0.220 e. The van der Waals surface area contributed by atoms with Gasteiger partial charge in [-0.2, -0.15) is 0 Å². The van der Waals surface area contributed by atoms with Crippen molar-refractivity contribution in [3.63, 3.8) is 0 Å². The number of nitrogens with zero attached hydrogens (tertiary/aromatic N) is 4. The van der Waals surface area contributed by atoms with E-state index in [1.807, 2.05) is 66.1 Å². The summed E-state index contributed by atoms with van der Waals surface area (Å²) in [6.07, 6.45) is 0. The molecule has 0 aliphatic heterocycles. The predicted octanol–water partition coefficient (Wildman–Crippen LogP) is 5.49. The molecule has 0 saturated carbocycles. The van der Waals surface area contributed by atoms with E-state index in [2.05, 4.69) is 10.2 Å². The SMILES string of the molecule is Cc1nnc(S[C@@H](C[N+](=O)[O-])c2cccc3ccccc23)n1-c1ccc(Cl)cc1. The highest BCUT2D eigenvalue weighted by atomic mass is 35.5. The summed E-state index contributed by atoms with van der Waals surface area (Å²) in [5.74, 6) is 0.701. The van der Waals surface area contributed by atoms with Crippen LogP contribution in [0.1, 0.15) is 16.6 Å². The largest absolute Gasteiger partial charge is 0.274 e. The third kappa shape index (κ3) is 4.11. The molecule has 0 aliphatic carbocycles. The number of hydrogen-bond donors (Lipinski definition) is 0. The fourth-order valence-corrected chi connectivity index (χ4v) is 4.64. The Bertz CT molecular complexity index is 1170. The molecule has 29 heavy (non-hydrogen) atoms. The monoisotopic (exact) mass is 424 g/mol. The highest BCUT2D eigenvalue weighted by Crippen LogP contribution is 2.39. The number of fused-ring (bicyclic) bond motifs is 1. The lowest BCUT2D eigenvalue weighted by Crippen LogP contribution is -2.11. The van der Waals surface area contributed by atoms with Gasteiger partial charge in [-0.15, -0.1) is 10.2 Å². The lowest BCUT2D eigenvalue weighted by molar-refractivity contribution is -0.479. The number of aromatic nitrogens is 3. The molecular weight excluding hydrogens is 408 g/mol. The van der Waals surface area contributed by atoms with Crippen molar-refractivity contribution in [2.45, 2.75) is 17.3 Å². The van der Waals surface area contributed by atoms with E-state index in [1.165, 1.54) is 11.8 Å². The van der Waals surface area contributed by atoms with Crippen LogP contribution in [0.2, 0.25) is 5.02 Å². The second kappa shape index (κ2) is 8.23. The third-order valence-corrected chi connectivity index (χ3v) is 6.03. The maximum absolute atomic E-state index is 11.4. The standard InChI is InChI=1S/C21H17ClN4O2S/c1-14-23-24-21(26(14)17-11-9-16(22)10-12-17)29-20(13-25(27)28)19-8-4-6-15-5-2-3-7-18(15)19/h2-12,20H,13H2,1H3/t20-/m0/s1. The number of hydrogen-bond acceptors (Lipinski definition) is 5. The normalized spacial score (nSPS) is 12.2. The number of thioether (sulfide) groups is 1. The summed E-state index contributed by atoms with van der Waals surface area (Å²) in [6.45, 7) is 1.64. The van der Waals surface area contributed by atoms with Gasteiger partial charge in [0.2, 0.25) is 6.54 Å². The van der Waals surface area contributed by atoms with Gasteiger partial charge in [0.05, 0.1) is 0 Å². The van der Waals surface area contributed by atoms with Gasteiger partial charge < -0.3 is 0 Å². The molecule has 0 bridgehead atoms. The Morgan fingerprint density at radius 2 is 1.79 bits per heavy atom. The molecule has 0 fully saturated rings. The summed E-state index contributed by atoms with van der Waals surface area (Å²) in [5, 5.41) is 22.8. The zero-order valence-corrected chi connectivity index (χ0v) is 17.1. The van der Waals surface area contributed by atoms with Crippen LogP contribution in [0.5, 0.6) is 0 Å². The van der Waals surface area contributed by atoms with Gasteiger partial charge in [-0.25, -0.2) is 0 Å². The average molecular weight is 425 g/mol. The maximum Gasteiger partial charge on any atom is 0.220 e. The van der Waals surface area contributed by atoms with E-state index in [0.717, 1.165) is 22.0 Å². The minimum Gasteiger partial charge on any atom is -0.274 e. The molecular formula is C21H17ClN4O2S. The predicted molar refractivity (Wildman–Crippen MR) is 116 cm³/mol. The molecule has 0 amide bonds. The minimum atomic E-state index is -0.411. The van der Waals surface area contributed by atoms with Crippen molar-refractivity contribution in [2.75, 3.05) is 6.54 Å². The molecule has 0 spiro atoms. The minimum absolute atomic E-state index is 0.217. The van der Waals surface area contributed by atoms with E-state index in [0.29, 0.717) is 16.0 Å². The van der Waals surface area contributed by atoms with E-state index in [-0.39, 0.29) is 11.5 Å². The van der Waals surface area contributed by atoms with Crippen molar-refractivity contribution in [2.24, 2.45) is 0 Å². The topological polar surface area (TPSA) is 73.8 Å². The Hall–Kier alpha value is -2.90. The summed E-state index contributed by atoms with van der Waals surface area (Å²) in [6, 6.07) is 21.1. The van der Waals surface area contributed by atoms with Crippen LogP contribution in [0, 0.1) is 17.0 Å². The Morgan fingerprint density at radius 3 is 2.55 bits per heavy atom. The maximum atomic E-state index is 11.4. The number of benzene rings is 3. The zero-order chi connectivity index (χ0) is 20.4. The summed E-state index contributed by atoms with van der Waals surface area (Å²) < 4.78 is 1.89. The van der Waals surface area contributed by atoms with Crippen LogP contribution in [-0.2, 0) is 0 Å². The molecule has 146 valence electrons. The van der Waals surface area contributed by atoms with Crippen LogP contribution in [0.3, 0.4) is 0 Å². The van der Waals surface area contributed by atoms with Crippen LogP contribution < -0.4 is 0 Å². The number of halogens is 1. The molecule has 8 heteroatoms. The van der Waals surface area contributed by atoms with Gasteiger partial charge in [-0.3, -0.25) is 14.7 Å². The van der Waals surface area contributed by atoms with Crippen molar-refractivity contribution in [1.82, 2.24) is 14.8 Å². The Labute approximate surface area is 176 Å². The van der Waals surface area contributed by atoms with Crippen molar-refractivity contribution in [1.29, 1.82) is 0 Å². The molecule has 0 saturated heterocycles. The van der Waals surface area contributed by atoms with Gasteiger partial charge in [0.15, 0.2) is 5.16 Å². The number of rotatable bonds is 6. The third-order valence-electron chi connectivity index (χ3n) is 4.61. The Balaban J connectivity index is 1.77. The molecule has 1 heterocycles. The molecule has 4 rings (SSSR count). The molecule has 0 N–H and O–H groups in total. The summed E-state index contributed by atoms with van der Waals surface area (Å²) in [5.41, 5.74) is 1.77. The zero-order valence-electron chi connectivity index (χ0n) is 15.5. The van der Waals surface area contributed by atoms with Crippen molar-refractivity contribution in [3.05, 3.63) is 93.3 Å². The van der Waals surface area contributed by atoms with Gasteiger partial charge in [-0.05, 0) is 47.5 Å². The highest BCUT2D eigenvalue weighted by molar-refractivity contribution is 7.99. The lowest BCUT2D eigenvalue weighted by atomic mass is 10.0. The second-order valence-corrected chi connectivity index (χ2v) is 8.14. The van der Waals surface area contributed by atoms with Crippen LogP contribution in [0.4, 0.5) is 0 Å². The van der Waals surface area contributed by atoms with Crippen LogP contribution in [0.25, 0.3) is 16.5 Å². The molecule has 6 nitrogen and oxygen atoms in total. The van der Waals surface area contributed by atoms with E-state index in [4.69, 9.17) is 11.6 Å². The van der Waals surface area contributed by atoms with Gasteiger partial charge in [0.1, 0.15) is 11.1 Å². The second-order valence-electron chi connectivity index (χ2n) is 6.53. The van der Waals surface area contributed by atoms with E-state index in [9.17, 15) is 10.1 Å². The first-order valence-corrected chi connectivity index (χ1v) is 10.2. The van der Waals surface area contributed by atoms with Gasteiger partial charge in [-0.1, -0.05) is 65.8 Å². The summed E-state index contributed by atoms with van der Waals surface area (Å²) in [4.78, 5) is 11.2. The number of aryl methyl sites for hydroxylation is 1. The molecule has 1 atom stereocenters. The van der Waals surface area contributed by atoms with Crippen LogP contribution in [-0.4, -0.2) is 26.2 Å². The van der Waals surface area contributed by atoms with E-state index in [1.54, 1.807) is 12.1 Å². The first-order valence-electron chi connectivity index (χ1n) is 8.97. The molecule has 4 aromatic rings.